The number of sulfonamides is 1. The molecule has 1 aromatic carbocycles. The molecule has 0 aliphatic heterocycles. The van der Waals surface area contributed by atoms with Crippen LogP contribution in [0.2, 0.25) is 0 Å². The molecule has 160 valence electrons. The molecule has 0 aliphatic rings. The number of nitrogens with zero attached hydrogens (tertiary/aromatic N) is 3. The molecule has 4 N–H and O–H groups in total. The van der Waals surface area contributed by atoms with Crippen molar-refractivity contribution in [2.45, 2.75) is 26.0 Å². The lowest BCUT2D eigenvalue weighted by Gasteiger charge is -2.20. The first-order chi connectivity index (χ1) is 13.7. The van der Waals surface area contributed by atoms with E-state index in [1.54, 1.807) is 31.0 Å². The summed E-state index contributed by atoms with van der Waals surface area (Å²) < 4.78 is 28.6. The van der Waals surface area contributed by atoms with Crippen molar-refractivity contribution in [1.29, 1.82) is 0 Å². The van der Waals surface area contributed by atoms with E-state index in [-0.39, 0.29) is 25.4 Å². The molecular weight excluding hydrogens is 392 g/mol. The molecule has 0 fully saturated rings. The van der Waals surface area contributed by atoms with Crippen LogP contribution in [-0.4, -0.2) is 54.7 Å². The van der Waals surface area contributed by atoms with Crippen LogP contribution in [0.4, 0.5) is 0 Å². The molecule has 0 saturated carbocycles. The Bertz CT molecular complexity index is 894. The summed E-state index contributed by atoms with van der Waals surface area (Å²) in [7, 11) is -1.65. The van der Waals surface area contributed by atoms with Crippen molar-refractivity contribution >= 4 is 16.0 Å². The van der Waals surface area contributed by atoms with Gasteiger partial charge < -0.3 is 15.7 Å². The zero-order chi connectivity index (χ0) is 21.3. The Morgan fingerprint density at radius 2 is 2.00 bits per heavy atom. The SMILES string of the molecule is CCNC(=NCC(C)(O)c1cnn(C)c1)NCCS(=O)(=O)NCc1ccccc1. The zero-order valence-electron chi connectivity index (χ0n) is 17.1. The monoisotopic (exact) mass is 422 g/mol. The van der Waals surface area contributed by atoms with Crippen LogP contribution in [0.5, 0.6) is 0 Å². The first kappa shape index (κ1) is 22.9. The summed E-state index contributed by atoms with van der Waals surface area (Å²) in [4.78, 5) is 4.38. The molecule has 0 radical (unpaired) electrons. The number of aromatic nitrogens is 2. The number of aryl methyl sites for hydroxylation is 1. The molecule has 0 saturated heterocycles. The van der Waals surface area contributed by atoms with Gasteiger partial charge in [-0.05, 0) is 19.4 Å². The van der Waals surface area contributed by atoms with E-state index in [2.05, 4.69) is 25.4 Å². The third-order valence-electron chi connectivity index (χ3n) is 4.22. The number of aliphatic hydroxyl groups is 1. The molecule has 9 nitrogen and oxygen atoms in total. The lowest BCUT2D eigenvalue weighted by Crippen LogP contribution is -2.42. The Labute approximate surface area is 172 Å². The lowest BCUT2D eigenvalue weighted by molar-refractivity contribution is 0.0672. The van der Waals surface area contributed by atoms with E-state index in [4.69, 9.17) is 0 Å². The van der Waals surface area contributed by atoms with Gasteiger partial charge >= 0.3 is 0 Å². The van der Waals surface area contributed by atoms with E-state index in [1.807, 2.05) is 37.3 Å². The number of aliphatic imine (C=N–C) groups is 1. The smallest absolute Gasteiger partial charge is 0.213 e. The van der Waals surface area contributed by atoms with E-state index in [1.165, 1.54) is 0 Å². The van der Waals surface area contributed by atoms with Gasteiger partial charge in [-0.15, -0.1) is 0 Å². The number of benzene rings is 1. The fourth-order valence-electron chi connectivity index (χ4n) is 2.53. The molecule has 2 rings (SSSR count). The first-order valence-corrected chi connectivity index (χ1v) is 11.1. The minimum atomic E-state index is -3.43. The molecule has 0 bridgehead atoms. The zero-order valence-corrected chi connectivity index (χ0v) is 17.9. The number of nitrogens with one attached hydrogen (secondary N) is 3. The third kappa shape index (κ3) is 7.84. The lowest BCUT2D eigenvalue weighted by atomic mass is 10.0. The minimum absolute atomic E-state index is 0.0940. The molecule has 1 atom stereocenters. The summed E-state index contributed by atoms with van der Waals surface area (Å²) in [5, 5.41) is 20.7. The van der Waals surface area contributed by atoms with Gasteiger partial charge in [0.1, 0.15) is 5.60 Å². The van der Waals surface area contributed by atoms with Crippen molar-refractivity contribution in [2.75, 3.05) is 25.4 Å². The van der Waals surface area contributed by atoms with E-state index in [9.17, 15) is 13.5 Å². The second-order valence-corrected chi connectivity index (χ2v) is 8.85. The number of hydrogen-bond donors (Lipinski definition) is 4. The second kappa shape index (κ2) is 10.4. The summed E-state index contributed by atoms with van der Waals surface area (Å²) >= 11 is 0. The normalized spacial score (nSPS) is 14.4. The molecule has 10 heteroatoms. The maximum atomic E-state index is 12.2. The molecule has 1 aromatic heterocycles. The topological polar surface area (TPSA) is 121 Å². The van der Waals surface area contributed by atoms with Crippen molar-refractivity contribution in [1.82, 2.24) is 25.1 Å². The van der Waals surface area contributed by atoms with Gasteiger partial charge in [-0.3, -0.25) is 4.68 Å². The fourth-order valence-corrected chi connectivity index (χ4v) is 3.43. The molecule has 0 spiro atoms. The van der Waals surface area contributed by atoms with Crippen LogP contribution < -0.4 is 15.4 Å². The maximum Gasteiger partial charge on any atom is 0.213 e. The highest BCUT2D eigenvalue weighted by Gasteiger charge is 2.24. The van der Waals surface area contributed by atoms with Gasteiger partial charge in [0, 0.05) is 38.4 Å². The van der Waals surface area contributed by atoms with Crippen molar-refractivity contribution in [3.05, 3.63) is 53.9 Å². The van der Waals surface area contributed by atoms with Gasteiger partial charge in [0.05, 0.1) is 18.5 Å². The van der Waals surface area contributed by atoms with E-state index >= 15 is 0 Å². The predicted molar refractivity (Wildman–Crippen MR) is 114 cm³/mol. The van der Waals surface area contributed by atoms with Crippen LogP contribution in [0.15, 0.2) is 47.7 Å². The van der Waals surface area contributed by atoms with Crippen molar-refractivity contribution in [3.63, 3.8) is 0 Å². The number of guanidine groups is 1. The summed E-state index contributed by atoms with van der Waals surface area (Å²) in [5.41, 5.74) is 0.378. The minimum Gasteiger partial charge on any atom is -0.383 e. The standard InChI is InChI=1S/C19H30N6O3S/c1-4-20-18(22-15-19(2,26)17-13-23-25(3)14-17)21-10-11-29(27,28)24-12-16-8-6-5-7-9-16/h5-9,13-14,24,26H,4,10-12,15H2,1-3H3,(H2,20,21,22). The summed E-state index contributed by atoms with van der Waals surface area (Å²) in [6, 6.07) is 9.35. The van der Waals surface area contributed by atoms with Gasteiger partial charge in [0.15, 0.2) is 5.96 Å². The Kier molecular flexibility index (Phi) is 8.18. The summed E-state index contributed by atoms with van der Waals surface area (Å²) in [6.07, 6.45) is 3.34. The largest absolute Gasteiger partial charge is 0.383 e. The second-order valence-electron chi connectivity index (χ2n) is 6.92. The average molecular weight is 423 g/mol. The predicted octanol–water partition coefficient (Wildman–Crippen LogP) is 0.302. The molecule has 1 heterocycles. The molecule has 1 unspecified atom stereocenters. The first-order valence-electron chi connectivity index (χ1n) is 9.47. The molecule has 0 aliphatic carbocycles. The van der Waals surface area contributed by atoms with Gasteiger partial charge in [-0.25, -0.2) is 18.1 Å². The average Bonchev–Trinajstić information content (AvgIpc) is 3.13. The maximum absolute atomic E-state index is 12.2. The van der Waals surface area contributed by atoms with Crippen molar-refractivity contribution in [3.8, 4) is 0 Å². The molecule has 2 aromatic rings. The van der Waals surface area contributed by atoms with Crippen LogP contribution in [-0.2, 0) is 29.2 Å². The highest BCUT2D eigenvalue weighted by atomic mass is 32.2. The van der Waals surface area contributed by atoms with Crippen LogP contribution in [0, 0.1) is 0 Å². The molecule has 0 amide bonds. The van der Waals surface area contributed by atoms with Gasteiger partial charge in [-0.1, -0.05) is 30.3 Å². The van der Waals surface area contributed by atoms with Crippen molar-refractivity contribution in [2.24, 2.45) is 12.0 Å². The van der Waals surface area contributed by atoms with Crippen LogP contribution in [0.25, 0.3) is 0 Å². The van der Waals surface area contributed by atoms with E-state index in [0.717, 1.165) is 5.56 Å². The van der Waals surface area contributed by atoms with E-state index < -0.39 is 15.6 Å². The third-order valence-corrected chi connectivity index (χ3v) is 5.54. The highest BCUT2D eigenvalue weighted by molar-refractivity contribution is 7.89. The van der Waals surface area contributed by atoms with E-state index in [0.29, 0.717) is 18.1 Å². The Hall–Kier alpha value is -2.43. The fraction of sp³-hybridized carbons (Fsp3) is 0.474. The van der Waals surface area contributed by atoms with Crippen LogP contribution in [0.3, 0.4) is 0 Å². The van der Waals surface area contributed by atoms with Crippen molar-refractivity contribution < 1.29 is 13.5 Å². The highest BCUT2D eigenvalue weighted by Crippen LogP contribution is 2.19. The van der Waals surface area contributed by atoms with Gasteiger partial charge in [0.25, 0.3) is 0 Å². The quantitative estimate of drug-likeness (QED) is 0.323. The van der Waals surface area contributed by atoms with Crippen LogP contribution in [0.1, 0.15) is 25.0 Å². The Morgan fingerprint density at radius 3 is 2.62 bits per heavy atom. The number of hydrogen-bond acceptors (Lipinski definition) is 5. The molecular formula is C19H30N6O3S. The number of rotatable bonds is 10. The van der Waals surface area contributed by atoms with Crippen LogP contribution >= 0.6 is 0 Å². The summed E-state index contributed by atoms with van der Waals surface area (Å²) in [5.74, 6) is 0.346. The Balaban J connectivity index is 1.87. The van der Waals surface area contributed by atoms with Gasteiger partial charge in [-0.2, -0.15) is 5.10 Å². The summed E-state index contributed by atoms with van der Waals surface area (Å²) in [6.45, 7) is 4.73. The van der Waals surface area contributed by atoms with Gasteiger partial charge in [0.2, 0.25) is 10.0 Å². The Morgan fingerprint density at radius 1 is 1.28 bits per heavy atom. The molecule has 29 heavy (non-hydrogen) atoms.